The van der Waals surface area contributed by atoms with Gasteiger partial charge < -0.3 is 5.32 Å². The predicted molar refractivity (Wildman–Crippen MR) is 114 cm³/mol. The molecule has 1 aliphatic heterocycles. The third-order valence-electron chi connectivity index (χ3n) is 4.86. The number of hydrogen-bond acceptors (Lipinski definition) is 3. The first-order valence-corrected chi connectivity index (χ1v) is 10.3. The first-order chi connectivity index (χ1) is 13.7. The molecule has 3 aromatic carbocycles. The van der Waals surface area contributed by atoms with E-state index in [1.165, 1.54) is 0 Å². The van der Waals surface area contributed by atoms with Crippen molar-refractivity contribution in [2.24, 2.45) is 0 Å². The van der Waals surface area contributed by atoms with Crippen LogP contribution >= 0.6 is 11.8 Å². The summed E-state index contributed by atoms with van der Waals surface area (Å²) < 4.78 is 0. The van der Waals surface area contributed by atoms with Crippen molar-refractivity contribution in [3.8, 4) is 0 Å². The van der Waals surface area contributed by atoms with Crippen LogP contribution in [0.2, 0.25) is 0 Å². The van der Waals surface area contributed by atoms with E-state index in [9.17, 15) is 9.59 Å². The Kier molecular flexibility index (Phi) is 5.17. The van der Waals surface area contributed by atoms with E-state index in [1.807, 2.05) is 73.0 Å². The van der Waals surface area contributed by atoms with Gasteiger partial charge in [0, 0.05) is 28.3 Å². The molecule has 1 aliphatic rings. The molecule has 1 atom stereocenters. The molecule has 0 fully saturated rings. The number of amides is 2. The molecule has 3 aromatic rings. The molecule has 140 valence electrons. The van der Waals surface area contributed by atoms with Gasteiger partial charge in [0.15, 0.2) is 0 Å². The normalized spacial score (nSPS) is 15.2. The lowest BCUT2D eigenvalue weighted by molar-refractivity contribution is -0.117. The van der Waals surface area contributed by atoms with Gasteiger partial charge >= 0.3 is 0 Å². The van der Waals surface area contributed by atoms with Gasteiger partial charge in [-0.25, -0.2) is 0 Å². The summed E-state index contributed by atoms with van der Waals surface area (Å²) in [5.41, 5.74) is 3.11. The zero-order valence-corrected chi connectivity index (χ0v) is 16.3. The number of carbonyl (C=O) groups is 2. The van der Waals surface area contributed by atoms with Crippen molar-refractivity contribution < 1.29 is 9.59 Å². The van der Waals surface area contributed by atoms with E-state index >= 15 is 0 Å². The molecular formula is C23H20N2O2S. The van der Waals surface area contributed by atoms with Crippen molar-refractivity contribution in [2.75, 3.05) is 16.5 Å². The summed E-state index contributed by atoms with van der Waals surface area (Å²) in [7, 11) is 0. The van der Waals surface area contributed by atoms with Gasteiger partial charge in [-0.2, -0.15) is 0 Å². The van der Waals surface area contributed by atoms with E-state index in [1.54, 1.807) is 28.8 Å². The van der Waals surface area contributed by atoms with Crippen LogP contribution in [0.4, 0.5) is 11.4 Å². The van der Waals surface area contributed by atoms with Crippen molar-refractivity contribution in [3.05, 3.63) is 90.0 Å². The first kappa shape index (κ1) is 18.3. The maximum absolute atomic E-state index is 13.2. The number of rotatable bonds is 4. The van der Waals surface area contributed by atoms with Crippen LogP contribution in [0, 0.1) is 0 Å². The van der Waals surface area contributed by atoms with E-state index in [2.05, 4.69) is 5.32 Å². The molecule has 1 N–H and O–H groups in total. The monoisotopic (exact) mass is 388 g/mol. The topological polar surface area (TPSA) is 49.4 Å². The van der Waals surface area contributed by atoms with Crippen LogP contribution in [0.5, 0.6) is 0 Å². The number of benzene rings is 3. The summed E-state index contributed by atoms with van der Waals surface area (Å²) in [5.74, 6) is -0.345. The molecule has 5 heteroatoms. The number of anilines is 2. The van der Waals surface area contributed by atoms with E-state index in [0.717, 1.165) is 21.8 Å². The Labute approximate surface area is 168 Å². The highest BCUT2D eigenvalue weighted by Gasteiger charge is 2.38. The minimum atomic E-state index is -0.581. The second-order valence-electron chi connectivity index (χ2n) is 6.61. The van der Waals surface area contributed by atoms with Crippen LogP contribution in [0.15, 0.2) is 83.8 Å². The predicted octanol–water partition coefficient (Wildman–Crippen LogP) is 4.62. The third-order valence-corrected chi connectivity index (χ3v) is 5.58. The van der Waals surface area contributed by atoms with Crippen molar-refractivity contribution in [2.45, 2.75) is 17.4 Å². The van der Waals surface area contributed by atoms with Crippen molar-refractivity contribution in [3.63, 3.8) is 0 Å². The maximum atomic E-state index is 13.2. The molecule has 0 bridgehead atoms. The molecule has 4 nitrogen and oxygen atoms in total. The molecule has 0 aromatic heterocycles. The summed E-state index contributed by atoms with van der Waals surface area (Å²) in [5, 5.41) is 2.98. The molecule has 0 saturated carbocycles. The molecule has 4 rings (SSSR count). The van der Waals surface area contributed by atoms with E-state index in [-0.39, 0.29) is 11.8 Å². The fourth-order valence-electron chi connectivity index (χ4n) is 3.49. The first-order valence-electron chi connectivity index (χ1n) is 9.09. The molecule has 0 saturated heterocycles. The minimum Gasteiger partial charge on any atom is -0.324 e. The lowest BCUT2D eigenvalue weighted by atomic mass is 10.1. The standard InChI is InChI=1S/C23H20N2O2S/c1-28-19-12-7-11-18(15-19)24-22(26)21-14-17-10-5-6-13-20(17)25(21)23(27)16-8-3-2-4-9-16/h2-13,15,21H,14H2,1H3,(H,24,26)/t21-/m1/s1. The molecule has 1 heterocycles. The largest absolute Gasteiger partial charge is 0.324 e. The number of thioether (sulfide) groups is 1. The fraction of sp³-hybridized carbons (Fsp3) is 0.130. The van der Waals surface area contributed by atoms with Crippen LogP contribution in [0.1, 0.15) is 15.9 Å². The Morgan fingerprint density at radius 3 is 2.50 bits per heavy atom. The Bertz CT molecular complexity index is 1020. The average molecular weight is 388 g/mol. The third kappa shape index (κ3) is 3.53. The fourth-order valence-corrected chi connectivity index (χ4v) is 3.95. The molecule has 0 radical (unpaired) electrons. The maximum Gasteiger partial charge on any atom is 0.259 e. The molecule has 2 amide bonds. The van der Waals surface area contributed by atoms with Gasteiger partial charge in [-0.1, -0.05) is 42.5 Å². The van der Waals surface area contributed by atoms with Gasteiger partial charge in [0.1, 0.15) is 6.04 Å². The lowest BCUT2D eigenvalue weighted by Crippen LogP contribution is -2.45. The van der Waals surface area contributed by atoms with Crippen LogP contribution in [-0.2, 0) is 11.2 Å². The Morgan fingerprint density at radius 1 is 0.964 bits per heavy atom. The van der Waals surface area contributed by atoms with Crippen molar-refractivity contribution >= 4 is 35.0 Å². The second-order valence-corrected chi connectivity index (χ2v) is 7.49. The lowest BCUT2D eigenvalue weighted by Gasteiger charge is -2.25. The summed E-state index contributed by atoms with van der Waals surface area (Å²) in [6.45, 7) is 0. The zero-order chi connectivity index (χ0) is 19.5. The Hall–Kier alpha value is -3.05. The van der Waals surface area contributed by atoms with E-state index in [4.69, 9.17) is 0 Å². The number of para-hydroxylation sites is 1. The van der Waals surface area contributed by atoms with Crippen molar-refractivity contribution in [1.82, 2.24) is 0 Å². The highest BCUT2D eigenvalue weighted by molar-refractivity contribution is 7.98. The summed E-state index contributed by atoms with van der Waals surface area (Å²) in [6.07, 6.45) is 2.50. The van der Waals surface area contributed by atoms with E-state index < -0.39 is 6.04 Å². The van der Waals surface area contributed by atoms with E-state index in [0.29, 0.717) is 12.0 Å². The minimum absolute atomic E-state index is 0.163. The molecule has 0 spiro atoms. The highest BCUT2D eigenvalue weighted by atomic mass is 32.2. The smallest absolute Gasteiger partial charge is 0.259 e. The van der Waals surface area contributed by atoms with Crippen LogP contribution < -0.4 is 10.2 Å². The van der Waals surface area contributed by atoms with Crippen LogP contribution in [0.3, 0.4) is 0 Å². The number of nitrogens with one attached hydrogen (secondary N) is 1. The van der Waals surface area contributed by atoms with Gasteiger partial charge in [-0.05, 0) is 48.2 Å². The SMILES string of the molecule is CSc1cccc(NC(=O)[C@H]2Cc3ccccc3N2C(=O)c2ccccc2)c1. The molecule has 0 aliphatic carbocycles. The Morgan fingerprint density at radius 2 is 1.71 bits per heavy atom. The number of carbonyl (C=O) groups excluding carboxylic acids is 2. The van der Waals surface area contributed by atoms with Gasteiger partial charge in [0.05, 0.1) is 0 Å². The Balaban J connectivity index is 1.65. The zero-order valence-electron chi connectivity index (χ0n) is 15.5. The summed E-state index contributed by atoms with van der Waals surface area (Å²) in [6, 6.07) is 23.9. The van der Waals surface area contributed by atoms with Crippen LogP contribution in [-0.4, -0.2) is 24.1 Å². The van der Waals surface area contributed by atoms with Gasteiger partial charge in [-0.15, -0.1) is 11.8 Å². The number of hydrogen-bond donors (Lipinski definition) is 1. The van der Waals surface area contributed by atoms with Gasteiger partial charge in [0.2, 0.25) is 5.91 Å². The average Bonchev–Trinajstić information content (AvgIpc) is 3.14. The second kappa shape index (κ2) is 7.90. The number of fused-ring (bicyclic) bond motifs is 1. The molecule has 28 heavy (non-hydrogen) atoms. The van der Waals surface area contributed by atoms with Crippen LogP contribution in [0.25, 0.3) is 0 Å². The van der Waals surface area contributed by atoms with Gasteiger partial charge in [0.25, 0.3) is 5.91 Å². The quantitative estimate of drug-likeness (QED) is 0.664. The molecule has 0 unspecified atom stereocenters. The summed E-state index contributed by atoms with van der Waals surface area (Å²) >= 11 is 1.62. The number of nitrogens with zero attached hydrogens (tertiary/aromatic N) is 1. The molecular weight excluding hydrogens is 368 g/mol. The summed E-state index contributed by atoms with van der Waals surface area (Å²) in [4.78, 5) is 29.0. The van der Waals surface area contributed by atoms with Gasteiger partial charge in [-0.3, -0.25) is 14.5 Å². The van der Waals surface area contributed by atoms with Crippen molar-refractivity contribution in [1.29, 1.82) is 0 Å². The highest BCUT2D eigenvalue weighted by Crippen LogP contribution is 2.34.